The molecule has 3 atom stereocenters. The summed E-state index contributed by atoms with van der Waals surface area (Å²) in [6, 6.07) is 3.79. The van der Waals surface area contributed by atoms with Crippen molar-refractivity contribution >= 4 is 5.91 Å². The first-order valence-corrected chi connectivity index (χ1v) is 7.01. The van der Waals surface area contributed by atoms with Gasteiger partial charge in [0.15, 0.2) is 0 Å². The Morgan fingerprint density at radius 1 is 1.53 bits per heavy atom. The number of nitrogens with two attached hydrogens (primary N) is 1. The second-order valence-corrected chi connectivity index (χ2v) is 5.83. The van der Waals surface area contributed by atoms with E-state index in [1.807, 2.05) is 19.1 Å². The molecule has 1 amide bonds. The molecule has 2 rings (SSSR count). The van der Waals surface area contributed by atoms with Gasteiger partial charge in [0.05, 0.1) is 11.6 Å². The smallest absolute Gasteiger partial charge is 0.240 e. The predicted molar refractivity (Wildman–Crippen MR) is 75.3 cm³/mol. The van der Waals surface area contributed by atoms with E-state index in [0.29, 0.717) is 5.92 Å². The number of pyridine rings is 1. The second kappa shape index (κ2) is 5.70. The van der Waals surface area contributed by atoms with E-state index in [2.05, 4.69) is 17.2 Å². The van der Waals surface area contributed by atoms with E-state index >= 15 is 0 Å². The third-order valence-electron chi connectivity index (χ3n) is 4.04. The largest absolute Gasteiger partial charge is 0.348 e. The predicted octanol–water partition coefficient (Wildman–Crippen LogP) is 2.17. The van der Waals surface area contributed by atoms with Crippen molar-refractivity contribution in [1.29, 1.82) is 0 Å². The van der Waals surface area contributed by atoms with Crippen molar-refractivity contribution in [3.8, 4) is 0 Å². The number of nitrogens with zero attached hydrogens (tertiary/aromatic N) is 1. The summed E-state index contributed by atoms with van der Waals surface area (Å²) in [6.07, 6.45) is 7.24. The molecule has 3 N–H and O–H groups in total. The fourth-order valence-corrected chi connectivity index (χ4v) is 2.87. The number of aromatic nitrogens is 1. The zero-order valence-corrected chi connectivity index (χ0v) is 11.7. The van der Waals surface area contributed by atoms with Gasteiger partial charge in [-0.05, 0) is 43.4 Å². The minimum atomic E-state index is -0.695. The number of hydrogen-bond donors (Lipinski definition) is 2. The average Bonchev–Trinajstić information content (AvgIpc) is 2.39. The monoisotopic (exact) mass is 261 g/mol. The summed E-state index contributed by atoms with van der Waals surface area (Å²) in [5.41, 5.74) is 6.65. The summed E-state index contributed by atoms with van der Waals surface area (Å²) in [5, 5.41) is 3.04. The Labute approximate surface area is 114 Å². The fourth-order valence-electron chi connectivity index (χ4n) is 2.87. The van der Waals surface area contributed by atoms with Crippen LogP contribution in [-0.2, 0) is 4.79 Å². The molecule has 19 heavy (non-hydrogen) atoms. The Bertz CT molecular complexity index is 434. The highest BCUT2D eigenvalue weighted by Crippen LogP contribution is 2.31. The van der Waals surface area contributed by atoms with Crippen molar-refractivity contribution in [2.75, 3.05) is 0 Å². The van der Waals surface area contributed by atoms with E-state index in [0.717, 1.165) is 24.8 Å². The molecule has 0 aliphatic heterocycles. The molecule has 3 unspecified atom stereocenters. The van der Waals surface area contributed by atoms with Crippen molar-refractivity contribution in [1.82, 2.24) is 10.3 Å². The van der Waals surface area contributed by atoms with Gasteiger partial charge in [-0.2, -0.15) is 0 Å². The normalized spacial score (nSPS) is 28.7. The Kier molecular flexibility index (Phi) is 4.20. The topological polar surface area (TPSA) is 68.0 Å². The van der Waals surface area contributed by atoms with Crippen molar-refractivity contribution in [2.24, 2.45) is 11.7 Å². The first-order chi connectivity index (χ1) is 9.01. The fraction of sp³-hybridized carbons (Fsp3) is 0.600. The SMILES string of the molecule is CC1CCCC(N)(C(=O)NC(C)c2ccncc2)C1. The third-order valence-corrected chi connectivity index (χ3v) is 4.04. The van der Waals surface area contributed by atoms with Gasteiger partial charge in [0.2, 0.25) is 5.91 Å². The maximum atomic E-state index is 12.4. The summed E-state index contributed by atoms with van der Waals surface area (Å²) in [5.74, 6) is 0.504. The Morgan fingerprint density at radius 3 is 2.84 bits per heavy atom. The number of amides is 1. The second-order valence-electron chi connectivity index (χ2n) is 5.83. The van der Waals surface area contributed by atoms with Crippen LogP contribution in [0.2, 0.25) is 0 Å². The van der Waals surface area contributed by atoms with Crippen LogP contribution in [0.3, 0.4) is 0 Å². The van der Waals surface area contributed by atoms with Gasteiger partial charge in [0.1, 0.15) is 0 Å². The van der Waals surface area contributed by atoms with Gasteiger partial charge < -0.3 is 11.1 Å². The molecule has 1 aliphatic carbocycles. The number of rotatable bonds is 3. The van der Waals surface area contributed by atoms with Crippen molar-refractivity contribution in [2.45, 2.75) is 51.1 Å². The summed E-state index contributed by atoms with van der Waals surface area (Å²) in [6.45, 7) is 4.14. The summed E-state index contributed by atoms with van der Waals surface area (Å²) < 4.78 is 0. The van der Waals surface area contributed by atoms with E-state index in [1.165, 1.54) is 6.42 Å². The first kappa shape index (κ1) is 14.0. The van der Waals surface area contributed by atoms with Crippen LogP contribution < -0.4 is 11.1 Å². The molecule has 0 spiro atoms. The van der Waals surface area contributed by atoms with Gasteiger partial charge >= 0.3 is 0 Å². The van der Waals surface area contributed by atoms with Crippen LogP contribution in [0.5, 0.6) is 0 Å². The minimum Gasteiger partial charge on any atom is -0.348 e. The highest BCUT2D eigenvalue weighted by molar-refractivity contribution is 5.86. The molecule has 4 heteroatoms. The molecule has 1 aromatic rings. The zero-order chi connectivity index (χ0) is 13.9. The maximum absolute atomic E-state index is 12.4. The van der Waals surface area contributed by atoms with Crippen molar-refractivity contribution < 1.29 is 4.79 Å². The average molecular weight is 261 g/mol. The zero-order valence-electron chi connectivity index (χ0n) is 11.7. The molecular formula is C15H23N3O. The lowest BCUT2D eigenvalue weighted by molar-refractivity contribution is -0.128. The van der Waals surface area contributed by atoms with Crippen LogP contribution >= 0.6 is 0 Å². The standard InChI is InChI=1S/C15H23N3O/c1-11-4-3-7-15(16,10-11)14(19)18-12(2)13-5-8-17-9-6-13/h5-6,8-9,11-12H,3-4,7,10,16H2,1-2H3,(H,18,19). The van der Waals surface area contributed by atoms with Gasteiger partial charge in [0, 0.05) is 12.4 Å². The lowest BCUT2D eigenvalue weighted by Gasteiger charge is -2.36. The summed E-state index contributed by atoms with van der Waals surface area (Å²) in [7, 11) is 0. The van der Waals surface area contributed by atoms with Crippen LogP contribution in [0.4, 0.5) is 0 Å². The van der Waals surface area contributed by atoms with E-state index in [9.17, 15) is 4.79 Å². The molecule has 1 saturated carbocycles. The molecule has 0 saturated heterocycles. The molecule has 0 bridgehead atoms. The van der Waals surface area contributed by atoms with E-state index in [-0.39, 0.29) is 11.9 Å². The van der Waals surface area contributed by atoms with Crippen LogP contribution in [0.1, 0.15) is 51.1 Å². The molecular weight excluding hydrogens is 238 g/mol. The Balaban J connectivity index is 2.00. The van der Waals surface area contributed by atoms with Crippen LogP contribution in [0.15, 0.2) is 24.5 Å². The Morgan fingerprint density at radius 2 is 2.21 bits per heavy atom. The van der Waals surface area contributed by atoms with Crippen molar-refractivity contribution in [3.05, 3.63) is 30.1 Å². The van der Waals surface area contributed by atoms with Crippen LogP contribution in [0.25, 0.3) is 0 Å². The number of hydrogen-bond acceptors (Lipinski definition) is 3. The van der Waals surface area contributed by atoms with E-state index < -0.39 is 5.54 Å². The molecule has 4 nitrogen and oxygen atoms in total. The van der Waals surface area contributed by atoms with Crippen molar-refractivity contribution in [3.63, 3.8) is 0 Å². The molecule has 1 aliphatic rings. The highest BCUT2D eigenvalue weighted by Gasteiger charge is 2.38. The lowest BCUT2D eigenvalue weighted by atomic mass is 9.76. The first-order valence-electron chi connectivity index (χ1n) is 7.01. The Hall–Kier alpha value is -1.42. The van der Waals surface area contributed by atoms with Gasteiger partial charge in [-0.3, -0.25) is 9.78 Å². The summed E-state index contributed by atoms with van der Waals surface area (Å²) >= 11 is 0. The highest BCUT2D eigenvalue weighted by atomic mass is 16.2. The number of carbonyl (C=O) groups is 1. The molecule has 1 heterocycles. The lowest BCUT2D eigenvalue weighted by Crippen LogP contribution is -2.56. The maximum Gasteiger partial charge on any atom is 0.240 e. The number of carbonyl (C=O) groups excluding carboxylic acids is 1. The minimum absolute atomic E-state index is 0.0247. The molecule has 0 aromatic carbocycles. The quantitative estimate of drug-likeness (QED) is 0.876. The van der Waals surface area contributed by atoms with Gasteiger partial charge in [-0.1, -0.05) is 19.8 Å². The van der Waals surface area contributed by atoms with Crippen LogP contribution in [-0.4, -0.2) is 16.4 Å². The number of nitrogens with one attached hydrogen (secondary N) is 1. The van der Waals surface area contributed by atoms with E-state index in [4.69, 9.17) is 5.73 Å². The van der Waals surface area contributed by atoms with E-state index in [1.54, 1.807) is 12.4 Å². The molecule has 0 radical (unpaired) electrons. The summed E-state index contributed by atoms with van der Waals surface area (Å²) in [4.78, 5) is 16.4. The molecule has 1 fully saturated rings. The molecule has 1 aromatic heterocycles. The van der Waals surface area contributed by atoms with Gasteiger partial charge in [-0.15, -0.1) is 0 Å². The van der Waals surface area contributed by atoms with Gasteiger partial charge in [-0.25, -0.2) is 0 Å². The van der Waals surface area contributed by atoms with Crippen LogP contribution in [0, 0.1) is 5.92 Å². The molecule has 104 valence electrons. The van der Waals surface area contributed by atoms with Gasteiger partial charge in [0.25, 0.3) is 0 Å². The third kappa shape index (κ3) is 3.32.